The highest BCUT2D eigenvalue weighted by Crippen LogP contribution is 2.10. The van der Waals surface area contributed by atoms with E-state index in [9.17, 15) is 9.59 Å². The van der Waals surface area contributed by atoms with Crippen LogP contribution in [0.1, 0.15) is 12.8 Å². The number of amides is 2. The fourth-order valence-corrected chi connectivity index (χ4v) is 1.50. The third kappa shape index (κ3) is 3.05. The molecule has 0 radical (unpaired) electrons. The van der Waals surface area contributed by atoms with Crippen molar-refractivity contribution in [2.75, 3.05) is 6.54 Å². The third-order valence-electron chi connectivity index (χ3n) is 2.34. The Kier molecular flexibility index (Phi) is 4.45. The molecule has 3 nitrogen and oxygen atoms in total. The number of hydrogen-bond donors (Lipinski definition) is 0. The van der Waals surface area contributed by atoms with Gasteiger partial charge in [-0.05, 0) is 18.4 Å². The van der Waals surface area contributed by atoms with Crippen molar-refractivity contribution in [2.24, 2.45) is 0 Å². The van der Waals surface area contributed by atoms with Crippen molar-refractivity contribution in [2.45, 2.75) is 12.8 Å². The summed E-state index contributed by atoms with van der Waals surface area (Å²) in [5.74, 6) is -0.448. The van der Waals surface area contributed by atoms with Crippen molar-refractivity contribution >= 4 is 11.8 Å². The molecule has 0 aliphatic carbocycles. The molecule has 0 N–H and O–H groups in total. The molecule has 0 bridgehead atoms. The van der Waals surface area contributed by atoms with E-state index in [1.165, 1.54) is 17.1 Å². The lowest BCUT2D eigenvalue weighted by Crippen LogP contribution is -2.30. The summed E-state index contributed by atoms with van der Waals surface area (Å²) in [5, 5.41) is 0. The number of rotatable bonds is 6. The van der Waals surface area contributed by atoms with Crippen LogP contribution < -0.4 is 0 Å². The summed E-state index contributed by atoms with van der Waals surface area (Å²) in [4.78, 5) is 23.7. The topological polar surface area (TPSA) is 37.4 Å². The molecular weight excluding hydrogens is 202 g/mol. The SMILES string of the molecule is C=C/C=C(\C=C)CCCN1C(=O)C=CC1=O. The van der Waals surface area contributed by atoms with Gasteiger partial charge in [0.2, 0.25) is 0 Å². The maximum absolute atomic E-state index is 11.2. The lowest BCUT2D eigenvalue weighted by Gasteiger charge is -2.13. The van der Waals surface area contributed by atoms with Crippen LogP contribution in [0.15, 0.2) is 49.1 Å². The van der Waals surface area contributed by atoms with E-state index in [4.69, 9.17) is 0 Å². The Hall–Kier alpha value is -1.90. The van der Waals surface area contributed by atoms with Gasteiger partial charge in [-0.1, -0.05) is 31.4 Å². The standard InChI is InChI=1S/C13H15NO2/c1-3-6-11(4-2)7-5-10-14-12(15)8-9-13(14)16/h3-4,6,8-9H,1-2,5,7,10H2/b11-6+. The van der Waals surface area contributed by atoms with Crippen molar-refractivity contribution in [3.05, 3.63) is 49.1 Å². The highest BCUT2D eigenvalue weighted by molar-refractivity contribution is 6.12. The maximum Gasteiger partial charge on any atom is 0.253 e. The van der Waals surface area contributed by atoms with Crippen LogP contribution in [0, 0.1) is 0 Å². The summed E-state index contributed by atoms with van der Waals surface area (Å²) in [5.41, 5.74) is 1.06. The van der Waals surface area contributed by atoms with E-state index in [0.29, 0.717) is 6.54 Å². The average molecular weight is 217 g/mol. The third-order valence-corrected chi connectivity index (χ3v) is 2.34. The highest BCUT2D eigenvalue weighted by atomic mass is 16.2. The van der Waals surface area contributed by atoms with Crippen LogP contribution in [-0.4, -0.2) is 23.3 Å². The predicted octanol–water partition coefficient (Wildman–Crippen LogP) is 1.99. The zero-order valence-electron chi connectivity index (χ0n) is 9.19. The van der Waals surface area contributed by atoms with Gasteiger partial charge in [-0.25, -0.2) is 0 Å². The van der Waals surface area contributed by atoms with Crippen LogP contribution in [0.3, 0.4) is 0 Å². The molecule has 1 rings (SSSR count). The normalized spacial score (nSPS) is 15.8. The van der Waals surface area contributed by atoms with E-state index < -0.39 is 0 Å². The van der Waals surface area contributed by atoms with Crippen LogP contribution >= 0.6 is 0 Å². The van der Waals surface area contributed by atoms with Crippen molar-refractivity contribution in [3.8, 4) is 0 Å². The molecule has 0 fully saturated rings. The molecule has 0 aromatic rings. The molecule has 1 aliphatic heterocycles. The molecule has 2 amide bonds. The summed E-state index contributed by atoms with van der Waals surface area (Å²) >= 11 is 0. The van der Waals surface area contributed by atoms with Gasteiger partial charge in [0.25, 0.3) is 11.8 Å². The Morgan fingerprint density at radius 1 is 1.25 bits per heavy atom. The lowest BCUT2D eigenvalue weighted by atomic mass is 10.1. The van der Waals surface area contributed by atoms with Crippen LogP contribution in [0.25, 0.3) is 0 Å². The summed E-state index contributed by atoms with van der Waals surface area (Å²) in [7, 11) is 0. The zero-order chi connectivity index (χ0) is 12.0. The van der Waals surface area contributed by atoms with Gasteiger partial charge in [0, 0.05) is 18.7 Å². The molecule has 16 heavy (non-hydrogen) atoms. The van der Waals surface area contributed by atoms with E-state index in [-0.39, 0.29) is 11.8 Å². The van der Waals surface area contributed by atoms with Gasteiger partial charge in [-0.2, -0.15) is 0 Å². The Bertz CT molecular complexity index is 359. The van der Waals surface area contributed by atoms with Crippen molar-refractivity contribution in [1.82, 2.24) is 4.90 Å². The van der Waals surface area contributed by atoms with Crippen molar-refractivity contribution in [1.29, 1.82) is 0 Å². The second-order valence-electron chi connectivity index (χ2n) is 3.45. The first-order chi connectivity index (χ1) is 7.69. The Balaban J connectivity index is 2.38. The minimum absolute atomic E-state index is 0.224. The first kappa shape index (κ1) is 12.2. The van der Waals surface area contributed by atoms with Crippen LogP contribution in [-0.2, 0) is 9.59 Å². The molecule has 0 spiro atoms. The Labute approximate surface area is 95.4 Å². The molecular formula is C13H15NO2. The summed E-state index contributed by atoms with van der Waals surface area (Å²) < 4.78 is 0. The second kappa shape index (κ2) is 5.85. The molecule has 0 saturated heterocycles. The number of carbonyl (C=O) groups is 2. The van der Waals surface area contributed by atoms with E-state index in [0.717, 1.165) is 18.4 Å². The van der Waals surface area contributed by atoms with E-state index >= 15 is 0 Å². The summed E-state index contributed by atoms with van der Waals surface area (Å²) in [6.45, 7) is 7.74. The van der Waals surface area contributed by atoms with Crippen LogP contribution in [0.5, 0.6) is 0 Å². The van der Waals surface area contributed by atoms with Gasteiger partial charge < -0.3 is 0 Å². The minimum Gasteiger partial charge on any atom is -0.275 e. The van der Waals surface area contributed by atoms with Gasteiger partial charge in [-0.3, -0.25) is 14.5 Å². The first-order valence-electron chi connectivity index (χ1n) is 5.16. The summed E-state index contributed by atoms with van der Waals surface area (Å²) in [6.07, 6.45) is 9.46. The number of hydrogen-bond acceptors (Lipinski definition) is 2. The van der Waals surface area contributed by atoms with E-state index in [1.807, 2.05) is 6.08 Å². The molecule has 84 valence electrons. The minimum atomic E-state index is -0.224. The predicted molar refractivity (Wildman–Crippen MR) is 63.6 cm³/mol. The van der Waals surface area contributed by atoms with Crippen LogP contribution in [0.2, 0.25) is 0 Å². The van der Waals surface area contributed by atoms with Crippen LogP contribution in [0.4, 0.5) is 0 Å². The second-order valence-corrected chi connectivity index (χ2v) is 3.45. The van der Waals surface area contributed by atoms with Crippen molar-refractivity contribution < 1.29 is 9.59 Å². The fourth-order valence-electron chi connectivity index (χ4n) is 1.50. The maximum atomic E-state index is 11.2. The van der Waals surface area contributed by atoms with Gasteiger partial charge in [0.05, 0.1) is 0 Å². The molecule has 0 saturated carbocycles. The molecule has 0 aromatic carbocycles. The Morgan fingerprint density at radius 3 is 2.38 bits per heavy atom. The summed E-state index contributed by atoms with van der Waals surface area (Å²) in [6, 6.07) is 0. The highest BCUT2D eigenvalue weighted by Gasteiger charge is 2.22. The van der Waals surface area contributed by atoms with E-state index in [2.05, 4.69) is 13.2 Å². The molecule has 1 heterocycles. The Morgan fingerprint density at radius 2 is 1.88 bits per heavy atom. The van der Waals surface area contributed by atoms with Gasteiger partial charge in [0.1, 0.15) is 0 Å². The lowest BCUT2D eigenvalue weighted by molar-refractivity contribution is -0.136. The smallest absolute Gasteiger partial charge is 0.253 e. The monoisotopic (exact) mass is 217 g/mol. The zero-order valence-corrected chi connectivity index (χ0v) is 9.19. The number of allylic oxidation sites excluding steroid dienone is 4. The molecule has 0 unspecified atom stereocenters. The van der Waals surface area contributed by atoms with E-state index in [1.54, 1.807) is 12.2 Å². The van der Waals surface area contributed by atoms with Gasteiger partial charge >= 0.3 is 0 Å². The fraction of sp³-hybridized carbons (Fsp3) is 0.231. The molecule has 3 heteroatoms. The molecule has 0 aromatic heterocycles. The number of nitrogens with zero attached hydrogens (tertiary/aromatic N) is 1. The molecule has 0 atom stereocenters. The average Bonchev–Trinajstić information content (AvgIpc) is 2.59. The van der Waals surface area contributed by atoms with Crippen molar-refractivity contribution in [3.63, 3.8) is 0 Å². The largest absolute Gasteiger partial charge is 0.275 e. The quantitative estimate of drug-likeness (QED) is 0.504. The van der Waals surface area contributed by atoms with Gasteiger partial charge in [0.15, 0.2) is 0 Å². The number of carbonyl (C=O) groups excluding carboxylic acids is 2. The van der Waals surface area contributed by atoms with Gasteiger partial charge in [-0.15, -0.1) is 0 Å². The first-order valence-corrected chi connectivity index (χ1v) is 5.16. The number of imide groups is 1. The molecule has 1 aliphatic rings.